The van der Waals surface area contributed by atoms with Gasteiger partial charge in [-0.2, -0.15) is 0 Å². The molecule has 0 aromatic heterocycles. The molecule has 1 nitrogen and oxygen atoms in total. The monoisotopic (exact) mass is 210 g/mol. The van der Waals surface area contributed by atoms with Crippen LogP contribution in [0.1, 0.15) is 25.3 Å². The van der Waals surface area contributed by atoms with Gasteiger partial charge in [0.05, 0.1) is 6.61 Å². The van der Waals surface area contributed by atoms with Crippen LogP contribution < -0.4 is 4.74 Å². The zero-order chi connectivity index (χ0) is 10.4. The predicted molar refractivity (Wildman–Crippen MR) is 63.4 cm³/mol. The van der Waals surface area contributed by atoms with E-state index in [-0.39, 0.29) is 0 Å². The van der Waals surface area contributed by atoms with Gasteiger partial charge in [0.25, 0.3) is 0 Å². The Morgan fingerprint density at radius 1 is 1.36 bits per heavy atom. The fraction of sp³-hybridized carbons (Fsp3) is 0.500. The summed E-state index contributed by atoms with van der Waals surface area (Å²) in [5, 5.41) is 0. The minimum atomic E-state index is 0.829. The van der Waals surface area contributed by atoms with Crippen LogP contribution in [0.3, 0.4) is 0 Å². The van der Waals surface area contributed by atoms with Crippen LogP contribution in [0.4, 0.5) is 0 Å². The normalized spacial score (nSPS) is 10.2. The highest BCUT2D eigenvalue weighted by Gasteiger charge is 2.00. The van der Waals surface area contributed by atoms with Crippen molar-refractivity contribution in [3.05, 3.63) is 23.8 Å². The quantitative estimate of drug-likeness (QED) is 0.538. The van der Waals surface area contributed by atoms with Crippen LogP contribution in [0, 0.1) is 6.92 Å². The lowest BCUT2D eigenvalue weighted by Gasteiger charge is -2.09. The van der Waals surface area contributed by atoms with Crippen LogP contribution in [-0.2, 0) is 0 Å². The molecular formula is C12H18OS. The third-order valence-electron chi connectivity index (χ3n) is 2.15. The van der Waals surface area contributed by atoms with Crippen LogP contribution >= 0.6 is 11.8 Å². The summed E-state index contributed by atoms with van der Waals surface area (Å²) >= 11 is 1.75. The van der Waals surface area contributed by atoms with E-state index in [2.05, 4.69) is 38.3 Å². The van der Waals surface area contributed by atoms with Crippen molar-refractivity contribution in [2.45, 2.75) is 31.6 Å². The van der Waals surface area contributed by atoms with Crippen LogP contribution in [0.15, 0.2) is 23.1 Å². The number of unbranched alkanes of at least 4 members (excludes halogenated alkanes) is 1. The Balaban J connectivity index is 2.64. The van der Waals surface area contributed by atoms with Crippen molar-refractivity contribution in [3.8, 4) is 5.75 Å². The summed E-state index contributed by atoms with van der Waals surface area (Å²) in [5.74, 6) is 1.03. The lowest BCUT2D eigenvalue weighted by atomic mass is 10.2. The third-order valence-corrected chi connectivity index (χ3v) is 2.88. The molecule has 0 aliphatic carbocycles. The van der Waals surface area contributed by atoms with Crippen molar-refractivity contribution in [3.63, 3.8) is 0 Å². The van der Waals surface area contributed by atoms with Crippen molar-refractivity contribution in [2.24, 2.45) is 0 Å². The average Bonchev–Trinajstić information content (AvgIpc) is 2.21. The van der Waals surface area contributed by atoms with E-state index < -0.39 is 0 Å². The van der Waals surface area contributed by atoms with E-state index >= 15 is 0 Å². The first kappa shape index (κ1) is 11.4. The molecule has 0 N–H and O–H groups in total. The molecule has 0 spiro atoms. The fourth-order valence-electron chi connectivity index (χ4n) is 1.19. The van der Waals surface area contributed by atoms with Crippen molar-refractivity contribution >= 4 is 11.8 Å². The third kappa shape index (κ3) is 3.26. The van der Waals surface area contributed by atoms with Gasteiger partial charge in [-0.05, 0) is 37.3 Å². The Hall–Kier alpha value is -0.630. The Bertz CT molecular complexity index is 284. The van der Waals surface area contributed by atoms with E-state index in [1.54, 1.807) is 11.8 Å². The minimum absolute atomic E-state index is 0.829. The number of thioether (sulfide) groups is 1. The lowest BCUT2D eigenvalue weighted by molar-refractivity contribution is 0.306. The molecule has 0 unspecified atom stereocenters. The summed E-state index contributed by atoms with van der Waals surface area (Å²) in [6.45, 7) is 5.09. The Morgan fingerprint density at radius 3 is 2.79 bits per heavy atom. The summed E-state index contributed by atoms with van der Waals surface area (Å²) in [6, 6.07) is 6.37. The zero-order valence-corrected chi connectivity index (χ0v) is 9.99. The van der Waals surface area contributed by atoms with Gasteiger partial charge in [-0.25, -0.2) is 0 Å². The molecule has 0 bridgehead atoms. The smallest absolute Gasteiger partial charge is 0.123 e. The predicted octanol–water partition coefficient (Wildman–Crippen LogP) is 3.90. The van der Waals surface area contributed by atoms with Crippen LogP contribution in [0.2, 0.25) is 0 Å². The molecule has 14 heavy (non-hydrogen) atoms. The number of ether oxygens (including phenoxy) is 1. The molecule has 0 fully saturated rings. The van der Waals surface area contributed by atoms with E-state index in [9.17, 15) is 0 Å². The van der Waals surface area contributed by atoms with Gasteiger partial charge in [0.2, 0.25) is 0 Å². The molecule has 1 aromatic carbocycles. The van der Waals surface area contributed by atoms with Crippen LogP contribution in [0.5, 0.6) is 5.75 Å². The fourth-order valence-corrected chi connectivity index (χ4v) is 1.62. The van der Waals surface area contributed by atoms with E-state index in [1.165, 1.54) is 16.9 Å². The number of hydrogen-bond donors (Lipinski definition) is 0. The molecule has 1 aromatic rings. The lowest BCUT2D eigenvalue weighted by Crippen LogP contribution is -1.98. The Labute approximate surface area is 90.9 Å². The number of hydrogen-bond acceptors (Lipinski definition) is 2. The molecular weight excluding hydrogens is 192 g/mol. The maximum Gasteiger partial charge on any atom is 0.123 e. The molecule has 2 heteroatoms. The molecule has 0 heterocycles. The molecule has 0 aliphatic rings. The molecule has 78 valence electrons. The van der Waals surface area contributed by atoms with E-state index in [0.717, 1.165) is 18.8 Å². The molecule has 0 saturated carbocycles. The van der Waals surface area contributed by atoms with Crippen molar-refractivity contribution in [2.75, 3.05) is 12.9 Å². The van der Waals surface area contributed by atoms with Gasteiger partial charge in [-0.15, -0.1) is 11.8 Å². The number of rotatable bonds is 5. The summed E-state index contributed by atoms with van der Waals surface area (Å²) in [7, 11) is 0. The summed E-state index contributed by atoms with van der Waals surface area (Å²) < 4.78 is 5.71. The summed E-state index contributed by atoms with van der Waals surface area (Å²) in [4.78, 5) is 1.27. The summed E-state index contributed by atoms with van der Waals surface area (Å²) in [5.41, 5.74) is 1.22. The molecule has 0 atom stereocenters. The van der Waals surface area contributed by atoms with E-state index in [1.807, 2.05) is 0 Å². The molecule has 1 rings (SSSR count). The maximum absolute atomic E-state index is 5.71. The van der Waals surface area contributed by atoms with Gasteiger partial charge >= 0.3 is 0 Å². The summed E-state index contributed by atoms with van der Waals surface area (Å²) in [6.07, 6.45) is 4.39. The molecule has 0 saturated heterocycles. The number of aryl methyl sites for hydroxylation is 1. The topological polar surface area (TPSA) is 9.23 Å². The second-order valence-electron chi connectivity index (χ2n) is 3.33. The Morgan fingerprint density at radius 2 is 2.14 bits per heavy atom. The molecule has 0 radical (unpaired) electrons. The van der Waals surface area contributed by atoms with Gasteiger partial charge < -0.3 is 4.74 Å². The van der Waals surface area contributed by atoms with Crippen LogP contribution in [0.25, 0.3) is 0 Å². The highest BCUT2D eigenvalue weighted by Crippen LogP contribution is 2.24. The first-order valence-corrected chi connectivity index (χ1v) is 6.28. The van der Waals surface area contributed by atoms with Crippen LogP contribution in [-0.4, -0.2) is 12.9 Å². The highest BCUT2D eigenvalue weighted by atomic mass is 32.2. The van der Waals surface area contributed by atoms with Gasteiger partial charge in [-0.1, -0.05) is 19.4 Å². The first-order chi connectivity index (χ1) is 6.77. The maximum atomic E-state index is 5.71. The largest absolute Gasteiger partial charge is 0.493 e. The minimum Gasteiger partial charge on any atom is -0.493 e. The standard InChI is InChI=1S/C12H18OS/c1-4-5-8-13-12-9-11(14-3)7-6-10(12)2/h6-7,9H,4-5,8H2,1-3H3. The SMILES string of the molecule is CCCCOc1cc(SC)ccc1C. The van der Waals surface area contributed by atoms with Crippen molar-refractivity contribution in [1.29, 1.82) is 0 Å². The second kappa shape index (κ2) is 5.97. The van der Waals surface area contributed by atoms with Gasteiger partial charge in [0, 0.05) is 4.90 Å². The molecule has 0 aliphatic heterocycles. The highest BCUT2D eigenvalue weighted by molar-refractivity contribution is 7.98. The Kier molecular flexibility index (Phi) is 4.88. The van der Waals surface area contributed by atoms with Gasteiger partial charge in [0.1, 0.15) is 5.75 Å². The second-order valence-corrected chi connectivity index (χ2v) is 4.21. The molecule has 0 amide bonds. The average molecular weight is 210 g/mol. The van der Waals surface area contributed by atoms with Crippen molar-refractivity contribution in [1.82, 2.24) is 0 Å². The van der Waals surface area contributed by atoms with Gasteiger partial charge in [0.15, 0.2) is 0 Å². The van der Waals surface area contributed by atoms with E-state index in [4.69, 9.17) is 4.74 Å². The number of benzene rings is 1. The zero-order valence-electron chi connectivity index (χ0n) is 9.17. The van der Waals surface area contributed by atoms with Gasteiger partial charge in [-0.3, -0.25) is 0 Å². The van der Waals surface area contributed by atoms with E-state index in [0.29, 0.717) is 0 Å². The first-order valence-electron chi connectivity index (χ1n) is 5.05. The van der Waals surface area contributed by atoms with Crippen molar-refractivity contribution < 1.29 is 4.74 Å².